The highest BCUT2D eigenvalue weighted by Crippen LogP contribution is 2.38. The van der Waals surface area contributed by atoms with Crippen LogP contribution in [-0.2, 0) is 15.8 Å². The van der Waals surface area contributed by atoms with E-state index in [1.807, 2.05) is 0 Å². The number of halogens is 3. The maximum atomic E-state index is 12.9. The Labute approximate surface area is 154 Å². The van der Waals surface area contributed by atoms with E-state index in [-0.39, 0.29) is 17.9 Å². The van der Waals surface area contributed by atoms with Crippen molar-refractivity contribution in [3.63, 3.8) is 0 Å². The van der Waals surface area contributed by atoms with E-state index in [4.69, 9.17) is 0 Å². The molecule has 0 aliphatic carbocycles. The second kappa shape index (κ2) is 6.88. The number of hydrogen-bond acceptors (Lipinski definition) is 6. The van der Waals surface area contributed by atoms with Crippen LogP contribution in [-0.4, -0.2) is 33.8 Å². The van der Waals surface area contributed by atoms with Gasteiger partial charge in [0.1, 0.15) is 11.6 Å². The minimum absolute atomic E-state index is 0.0339. The Hall–Kier alpha value is -2.14. The lowest BCUT2D eigenvalue weighted by molar-refractivity contribution is -0.137. The van der Waals surface area contributed by atoms with Crippen molar-refractivity contribution in [2.75, 3.05) is 16.8 Å². The molecular formula is C15H13F3N4O2S2. The molecule has 1 aliphatic heterocycles. The molecule has 2 amide bonds. The molecule has 1 N–H and O–H groups in total. The van der Waals surface area contributed by atoms with Gasteiger partial charge in [-0.1, -0.05) is 23.1 Å². The van der Waals surface area contributed by atoms with Crippen LogP contribution in [0.4, 0.5) is 24.5 Å². The zero-order chi connectivity index (χ0) is 19.1. The van der Waals surface area contributed by atoms with Crippen LogP contribution in [0.5, 0.6) is 0 Å². The van der Waals surface area contributed by atoms with Crippen LogP contribution >= 0.6 is 23.1 Å². The summed E-state index contributed by atoms with van der Waals surface area (Å²) in [5.74, 6) is -0.937. The molecule has 0 fully saturated rings. The van der Waals surface area contributed by atoms with Crippen LogP contribution in [0.15, 0.2) is 22.5 Å². The number of aromatic nitrogens is 2. The monoisotopic (exact) mass is 402 g/mol. The van der Waals surface area contributed by atoms with Gasteiger partial charge in [-0.25, -0.2) is 0 Å². The highest BCUT2D eigenvalue weighted by atomic mass is 32.2. The summed E-state index contributed by atoms with van der Waals surface area (Å²) in [6.45, 7) is 3.19. The third-order valence-corrected chi connectivity index (χ3v) is 5.60. The molecule has 1 aromatic heterocycles. The Morgan fingerprint density at radius 2 is 2.12 bits per heavy atom. The van der Waals surface area contributed by atoms with Crippen LogP contribution in [0.25, 0.3) is 0 Å². The van der Waals surface area contributed by atoms with Gasteiger partial charge in [0.25, 0.3) is 0 Å². The average Bonchev–Trinajstić information content (AvgIpc) is 2.96. The molecule has 2 aromatic rings. The third-order valence-electron chi connectivity index (χ3n) is 3.59. The molecule has 3 rings (SSSR count). The smallest absolute Gasteiger partial charge is 0.323 e. The van der Waals surface area contributed by atoms with E-state index in [1.54, 1.807) is 13.8 Å². The number of fused-ring (bicyclic) bond motifs is 1. The van der Waals surface area contributed by atoms with Crippen LogP contribution in [0.1, 0.15) is 17.5 Å². The molecule has 0 saturated carbocycles. The van der Waals surface area contributed by atoms with Crippen molar-refractivity contribution < 1.29 is 22.8 Å². The summed E-state index contributed by atoms with van der Waals surface area (Å²) < 4.78 is 39.2. The first kappa shape index (κ1) is 18.6. The van der Waals surface area contributed by atoms with E-state index < -0.39 is 28.8 Å². The first-order chi connectivity index (χ1) is 12.1. The Morgan fingerprint density at radius 1 is 1.38 bits per heavy atom. The lowest BCUT2D eigenvalue weighted by atomic mass is 10.1. The fourth-order valence-corrected chi connectivity index (χ4v) is 4.43. The number of rotatable bonds is 3. The van der Waals surface area contributed by atoms with Gasteiger partial charge < -0.3 is 5.32 Å². The molecule has 0 bridgehead atoms. The number of alkyl halides is 3. The molecule has 1 unspecified atom stereocenters. The topological polar surface area (TPSA) is 75.2 Å². The van der Waals surface area contributed by atoms with Crippen molar-refractivity contribution in [3.05, 3.63) is 28.8 Å². The number of hydrogen-bond donors (Lipinski definition) is 1. The molecule has 0 spiro atoms. The highest BCUT2D eigenvalue weighted by molar-refractivity contribution is 8.02. The van der Waals surface area contributed by atoms with Crippen LogP contribution in [0.2, 0.25) is 0 Å². The van der Waals surface area contributed by atoms with E-state index in [1.165, 1.54) is 34.1 Å². The van der Waals surface area contributed by atoms with Crippen molar-refractivity contribution in [2.45, 2.75) is 29.6 Å². The second-order valence-electron chi connectivity index (χ2n) is 5.55. The molecule has 26 heavy (non-hydrogen) atoms. The molecule has 1 aromatic carbocycles. The Kier molecular flexibility index (Phi) is 4.93. The number of benzene rings is 1. The summed E-state index contributed by atoms with van der Waals surface area (Å²) in [6, 6.07) is 2.92. The number of carbonyl (C=O) groups excluding carboxylic acids is 2. The normalized spacial score (nSPS) is 15.4. The van der Waals surface area contributed by atoms with Crippen LogP contribution < -0.4 is 10.2 Å². The van der Waals surface area contributed by atoms with Crippen LogP contribution in [0, 0.1) is 6.92 Å². The van der Waals surface area contributed by atoms with Crippen molar-refractivity contribution in [1.82, 2.24) is 10.2 Å². The van der Waals surface area contributed by atoms with E-state index in [0.29, 0.717) is 4.34 Å². The molecule has 6 nitrogen and oxygen atoms in total. The first-order valence-corrected chi connectivity index (χ1v) is 9.14. The summed E-state index contributed by atoms with van der Waals surface area (Å²) in [5.41, 5.74) is -0.686. The predicted molar refractivity (Wildman–Crippen MR) is 92.4 cm³/mol. The Balaban J connectivity index is 1.86. The zero-order valence-corrected chi connectivity index (χ0v) is 15.3. The highest BCUT2D eigenvalue weighted by Gasteiger charge is 2.35. The number of nitrogens with one attached hydrogen (secondary N) is 1. The molecular weight excluding hydrogens is 389 g/mol. The second-order valence-corrected chi connectivity index (χ2v) is 8.32. The standard InChI is InChI=1S/C15H13F3N4O2S2/c1-7(25-14-21-20-8(2)26-14)13(24)22-6-12(23)19-10-5-9(15(16,17)18)3-4-11(10)22/h3-5,7H,6H2,1-2H3,(H,19,23). The van der Waals surface area contributed by atoms with Gasteiger partial charge in [0.05, 0.1) is 22.2 Å². The summed E-state index contributed by atoms with van der Waals surface area (Å²) >= 11 is 2.53. The number of nitrogens with zero attached hydrogens (tertiary/aromatic N) is 3. The lowest BCUT2D eigenvalue weighted by Crippen LogP contribution is -2.45. The number of aryl methyl sites for hydroxylation is 1. The zero-order valence-electron chi connectivity index (χ0n) is 13.6. The Bertz CT molecular complexity index is 869. The van der Waals surface area contributed by atoms with E-state index in [2.05, 4.69) is 15.5 Å². The van der Waals surface area contributed by atoms with E-state index in [9.17, 15) is 22.8 Å². The quantitative estimate of drug-likeness (QED) is 0.797. The summed E-state index contributed by atoms with van der Waals surface area (Å²) in [5, 5.41) is 10.4. The summed E-state index contributed by atoms with van der Waals surface area (Å²) in [6.07, 6.45) is -4.54. The minimum atomic E-state index is -4.54. The van der Waals surface area contributed by atoms with Crippen molar-refractivity contribution in [1.29, 1.82) is 0 Å². The number of carbonyl (C=O) groups is 2. The van der Waals surface area contributed by atoms with Crippen LogP contribution in [0.3, 0.4) is 0 Å². The van der Waals surface area contributed by atoms with Crippen molar-refractivity contribution in [2.24, 2.45) is 0 Å². The molecule has 1 aliphatic rings. The van der Waals surface area contributed by atoms with Gasteiger partial charge in [-0.15, -0.1) is 10.2 Å². The maximum absolute atomic E-state index is 12.9. The van der Waals surface area contributed by atoms with E-state index in [0.717, 1.165) is 17.1 Å². The lowest BCUT2D eigenvalue weighted by Gasteiger charge is -2.31. The van der Waals surface area contributed by atoms with Crippen molar-refractivity contribution >= 4 is 46.3 Å². The van der Waals surface area contributed by atoms with Gasteiger partial charge in [-0.3, -0.25) is 14.5 Å². The van der Waals surface area contributed by atoms with Gasteiger partial charge in [0.15, 0.2) is 4.34 Å². The van der Waals surface area contributed by atoms with Gasteiger partial charge >= 0.3 is 6.18 Å². The summed E-state index contributed by atoms with van der Waals surface area (Å²) in [4.78, 5) is 25.8. The maximum Gasteiger partial charge on any atom is 0.416 e. The molecule has 2 heterocycles. The number of amides is 2. The molecule has 11 heteroatoms. The van der Waals surface area contributed by atoms with Gasteiger partial charge in [0.2, 0.25) is 11.8 Å². The minimum Gasteiger partial charge on any atom is -0.323 e. The average molecular weight is 402 g/mol. The predicted octanol–water partition coefficient (Wildman–Crippen LogP) is 3.33. The third kappa shape index (κ3) is 3.83. The summed E-state index contributed by atoms with van der Waals surface area (Å²) in [7, 11) is 0. The van der Waals surface area contributed by atoms with Gasteiger partial charge in [-0.05, 0) is 32.0 Å². The molecule has 0 saturated heterocycles. The number of anilines is 2. The molecule has 0 radical (unpaired) electrons. The van der Waals surface area contributed by atoms with E-state index >= 15 is 0 Å². The van der Waals surface area contributed by atoms with Gasteiger partial charge in [-0.2, -0.15) is 13.2 Å². The van der Waals surface area contributed by atoms with Gasteiger partial charge in [0, 0.05) is 0 Å². The largest absolute Gasteiger partial charge is 0.416 e. The SMILES string of the molecule is Cc1nnc(SC(C)C(=O)N2CC(=O)Nc3cc(C(F)(F)F)ccc32)s1. The van der Waals surface area contributed by atoms with Crippen molar-refractivity contribution in [3.8, 4) is 0 Å². The molecule has 138 valence electrons. The fraction of sp³-hybridized carbons (Fsp3) is 0.333. The fourth-order valence-electron chi connectivity index (χ4n) is 2.41. The first-order valence-electron chi connectivity index (χ1n) is 7.44. The number of thioether (sulfide) groups is 1. The Morgan fingerprint density at radius 3 is 2.73 bits per heavy atom. The molecule has 1 atom stereocenters.